The summed E-state index contributed by atoms with van der Waals surface area (Å²) in [6.45, 7) is 11.7. The smallest absolute Gasteiger partial charge is 0.455 e. The number of carbonyl (C=O) groups excluding carboxylic acids is 1. The number of nitrogens with one attached hydrogen (secondary N) is 2. The lowest BCUT2D eigenvalue weighted by Crippen LogP contribution is -2.47. The number of carbonyl (C=O) groups is 1. The van der Waals surface area contributed by atoms with Gasteiger partial charge in [-0.3, -0.25) is 9.69 Å². The molecule has 5 aromatic rings. The highest BCUT2D eigenvalue weighted by Crippen LogP contribution is 2.44. The van der Waals surface area contributed by atoms with Crippen molar-refractivity contribution in [2.24, 2.45) is 15.7 Å². The number of hydrogen-bond acceptors (Lipinski definition) is 12. The van der Waals surface area contributed by atoms with Crippen LogP contribution in [-0.4, -0.2) is 122 Å². The minimum atomic E-state index is -6.04. The quantitative estimate of drug-likeness (QED) is 0.0963. The lowest BCUT2D eigenvalue weighted by molar-refractivity contribution is -0.0436. The van der Waals surface area contributed by atoms with Crippen LogP contribution in [0, 0.1) is 11.3 Å². The van der Waals surface area contributed by atoms with E-state index >= 15 is 0 Å². The molecule has 2 aromatic heterocycles. The highest BCUT2D eigenvalue weighted by molar-refractivity contribution is 7.93. The topological polar surface area (TPSA) is 174 Å². The summed E-state index contributed by atoms with van der Waals surface area (Å²) in [6, 6.07) is 19.0. The van der Waals surface area contributed by atoms with Crippen LogP contribution in [0.25, 0.3) is 16.6 Å². The normalized spacial score (nSPS) is 19.5. The molecular formula is C52H61ClF3N7O7S3. The number of allylic oxidation sites excluding steroid dienone is 1. The number of piperazine rings is 1. The fraction of sp³-hybridized carbons (Fsp3) is 0.462. The van der Waals surface area contributed by atoms with Gasteiger partial charge in [0.25, 0.3) is 25.8 Å². The number of anilines is 1. The fourth-order valence-electron chi connectivity index (χ4n) is 9.88. The summed E-state index contributed by atoms with van der Waals surface area (Å²) in [4.78, 5) is 26.2. The molecule has 73 heavy (non-hydrogen) atoms. The largest absolute Gasteiger partial charge is 0.501 e. The third-order valence-electron chi connectivity index (χ3n) is 14.4. The van der Waals surface area contributed by atoms with E-state index in [4.69, 9.17) is 16.3 Å². The molecule has 21 heteroatoms. The maximum Gasteiger partial charge on any atom is 0.501 e. The average molecular weight is 1080 g/mol. The van der Waals surface area contributed by atoms with E-state index in [1.54, 1.807) is 37.4 Å². The second-order valence-corrected chi connectivity index (χ2v) is 27.3. The van der Waals surface area contributed by atoms with Crippen molar-refractivity contribution in [3.05, 3.63) is 112 Å². The van der Waals surface area contributed by atoms with Crippen molar-refractivity contribution < 1.29 is 43.7 Å². The Morgan fingerprint density at radius 2 is 1.68 bits per heavy atom. The van der Waals surface area contributed by atoms with Gasteiger partial charge in [0.05, 0.1) is 27.6 Å². The summed E-state index contributed by atoms with van der Waals surface area (Å²) in [7, 11) is -13.3. The second-order valence-electron chi connectivity index (χ2n) is 20.7. The van der Waals surface area contributed by atoms with Gasteiger partial charge in [-0.05, 0) is 128 Å². The molecule has 9 rings (SSSR count). The number of hydrogen-bond donors (Lipinski definition) is 2. The summed E-state index contributed by atoms with van der Waals surface area (Å²) in [5.41, 5.74) is -0.705. The van der Waals surface area contributed by atoms with Crippen molar-refractivity contribution in [1.82, 2.24) is 24.5 Å². The number of sulfonamides is 1. The average Bonchev–Trinajstić information content (AvgIpc) is 4.02. The first-order valence-electron chi connectivity index (χ1n) is 24.7. The van der Waals surface area contributed by atoms with E-state index in [-0.39, 0.29) is 46.4 Å². The van der Waals surface area contributed by atoms with E-state index in [2.05, 4.69) is 55.0 Å². The SMILES string of the molecule is C[C@@H](CCN1CCS(=O)(=NC2CC2)CC1)Cc1ccc(S(=O)(=O)NC(=O)c2ccc(N3CCN(CC4=C(c5ccc(Cl)cc5)CC(C)(C)CC4)CC3)cc2Oc2cnc3[nH]ccc3c2)cc1S(=O)(=O)C(F)(F)F. The van der Waals surface area contributed by atoms with Crippen LogP contribution in [0.3, 0.4) is 0 Å². The van der Waals surface area contributed by atoms with Gasteiger partial charge in [-0.1, -0.05) is 56.1 Å². The molecule has 2 aliphatic carbocycles. The van der Waals surface area contributed by atoms with E-state index in [0.717, 1.165) is 63.9 Å². The predicted molar refractivity (Wildman–Crippen MR) is 279 cm³/mol. The summed E-state index contributed by atoms with van der Waals surface area (Å²) >= 11 is 6.24. The monoisotopic (exact) mass is 1080 g/mol. The standard InChI is InChI=1S/C52H61ClF3N7O7S3/c1-35(16-19-61-24-26-71(65,27-25-61)59-41-9-10-41)28-37-6-12-44(31-48(37)72(66,67)52(54,55)56)73(68,69)60-50(64)45-13-11-42(30-47(45)70-43-29-38-15-18-57-49(38)58-33-43)63-22-20-62(21-23-63)34-39-14-17-51(2,3)32-46(39)36-4-7-40(53)8-5-36/h4-8,11-13,15,18,29-31,33,35,41H,9-10,14,16-17,19-28,32,34H2,1-3H3,(H,57,58)(H,60,64)/t35-/m0/s1. The van der Waals surface area contributed by atoms with Crippen LogP contribution in [0.15, 0.2) is 105 Å². The van der Waals surface area contributed by atoms with E-state index in [9.17, 15) is 39.0 Å². The first-order chi connectivity index (χ1) is 34.5. The van der Waals surface area contributed by atoms with Gasteiger partial charge < -0.3 is 19.5 Å². The summed E-state index contributed by atoms with van der Waals surface area (Å²) in [5.74, 6) is -0.336. The predicted octanol–water partition coefficient (Wildman–Crippen LogP) is 9.72. The Kier molecular flexibility index (Phi) is 15.2. The Bertz CT molecular complexity index is 3260. The van der Waals surface area contributed by atoms with E-state index in [1.807, 2.05) is 16.9 Å². The number of sulfone groups is 1. The molecule has 0 bridgehead atoms. The third kappa shape index (κ3) is 12.6. The highest BCUT2D eigenvalue weighted by Gasteiger charge is 2.48. The molecule has 1 amide bonds. The lowest BCUT2D eigenvalue weighted by Gasteiger charge is -2.39. The van der Waals surface area contributed by atoms with Crippen LogP contribution in [0.2, 0.25) is 5.02 Å². The van der Waals surface area contributed by atoms with Gasteiger partial charge in [0, 0.05) is 95.4 Å². The third-order valence-corrected chi connectivity index (χ3v) is 19.8. The van der Waals surface area contributed by atoms with Gasteiger partial charge in [0.1, 0.15) is 17.1 Å². The van der Waals surface area contributed by atoms with Crippen LogP contribution in [-0.2, 0) is 36.0 Å². The number of amides is 1. The zero-order valence-electron chi connectivity index (χ0n) is 41.1. The van der Waals surface area contributed by atoms with Gasteiger partial charge >= 0.3 is 5.51 Å². The molecule has 2 saturated heterocycles. The van der Waals surface area contributed by atoms with Crippen LogP contribution in [0.1, 0.15) is 80.8 Å². The maximum atomic E-state index is 14.2. The Morgan fingerprint density at radius 1 is 0.959 bits per heavy atom. The molecule has 4 aliphatic rings. The highest BCUT2D eigenvalue weighted by atomic mass is 35.5. The fourth-order valence-corrected chi connectivity index (χ4v) is 14.4. The van der Waals surface area contributed by atoms with Crippen LogP contribution >= 0.6 is 11.6 Å². The number of ether oxygens (including phenoxy) is 1. The zero-order valence-corrected chi connectivity index (χ0v) is 44.3. The number of nitrogens with zero attached hydrogens (tertiary/aromatic N) is 5. The number of aromatic amines is 1. The van der Waals surface area contributed by atoms with Crippen LogP contribution < -0.4 is 14.4 Å². The number of pyridine rings is 1. The second kappa shape index (κ2) is 21.0. The first-order valence-corrected chi connectivity index (χ1v) is 29.9. The lowest BCUT2D eigenvalue weighted by atomic mass is 9.72. The van der Waals surface area contributed by atoms with Crippen LogP contribution in [0.5, 0.6) is 11.5 Å². The molecule has 14 nitrogen and oxygen atoms in total. The molecule has 2 aliphatic heterocycles. The van der Waals surface area contributed by atoms with Crippen molar-refractivity contribution in [3.63, 3.8) is 0 Å². The van der Waals surface area contributed by atoms with Crippen molar-refractivity contribution in [3.8, 4) is 11.5 Å². The molecule has 3 fully saturated rings. The van der Waals surface area contributed by atoms with E-state index in [1.165, 1.54) is 29.0 Å². The summed E-state index contributed by atoms with van der Waals surface area (Å²) in [5, 5.41) is 1.41. The minimum absolute atomic E-state index is 0.0111. The van der Waals surface area contributed by atoms with Crippen molar-refractivity contribution in [2.75, 3.05) is 68.8 Å². The Morgan fingerprint density at radius 3 is 2.38 bits per heavy atom. The molecule has 0 spiro atoms. The Hall–Kier alpha value is -4.99. The molecule has 392 valence electrons. The number of aromatic nitrogens is 2. The molecule has 1 saturated carbocycles. The number of halogens is 4. The Labute approximate surface area is 430 Å². The van der Waals surface area contributed by atoms with E-state index in [0.29, 0.717) is 78.5 Å². The van der Waals surface area contributed by atoms with Gasteiger partial charge in [0.15, 0.2) is 0 Å². The number of rotatable bonds is 16. The zero-order chi connectivity index (χ0) is 51.9. The van der Waals surface area contributed by atoms with Gasteiger partial charge in [-0.2, -0.15) is 13.2 Å². The molecule has 0 unspecified atom stereocenters. The van der Waals surface area contributed by atoms with E-state index < -0.39 is 50.8 Å². The summed E-state index contributed by atoms with van der Waals surface area (Å²) in [6.07, 6.45) is 8.53. The molecular weight excluding hydrogens is 1020 g/mol. The molecule has 2 N–H and O–H groups in total. The number of fused-ring (bicyclic) bond motifs is 1. The summed E-state index contributed by atoms with van der Waals surface area (Å²) < 4.78 is 123. The number of alkyl halides is 3. The molecule has 3 aromatic carbocycles. The van der Waals surface area contributed by atoms with Gasteiger partial charge in [-0.15, -0.1) is 0 Å². The van der Waals surface area contributed by atoms with Gasteiger partial charge in [-0.25, -0.2) is 35.1 Å². The molecule has 4 heterocycles. The number of benzene rings is 3. The van der Waals surface area contributed by atoms with Gasteiger partial charge in [0.2, 0.25) is 0 Å². The van der Waals surface area contributed by atoms with Crippen LogP contribution in [0.4, 0.5) is 18.9 Å². The van der Waals surface area contributed by atoms with Crippen molar-refractivity contribution in [1.29, 1.82) is 0 Å². The first kappa shape index (κ1) is 52.9. The van der Waals surface area contributed by atoms with Crippen molar-refractivity contribution in [2.45, 2.75) is 87.1 Å². The molecule has 0 radical (unpaired) electrons. The molecule has 1 atom stereocenters. The maximum absolute atomic E-state index is 14.2. The number of H-pyrrole nitrogens is 1. The minimum Gasteiger partial charge on any atom is -0.455 e. The van der Waals surface area contributed by atoms with Crippen molar-refractivity contribution >= 4 is 69.4 Å². The Balaban J connectivity index is 0.920.